The zero-order chi connectivity index (χ0) is 49.6. The van der Waals surface area contributed by atoms with E-state index in [-0.39, 0.29) is 0 Å². The molecule has 0 aliphatic rings. The summed E-state index contributed by atoms with van der Waals surface area (Å²) < 4.78 is 2.19. The van der Waals surface area contributed by atoms with Crippen molar-refractivity contribution in [1.29, 1.82) is 0 Å². The molecule has 0 radical (unpaired) electrons. The lowest BCUT2D eigenvalue weighted by atomic mass is 9.86. The summed E-state index contributed by atoms with van der Waals surface area (Å²) in [6.07, 6.45) is 24.7. The van der Waals surface area contributed by atoms with Gasteiger partial charge in [0.05, 0.1) is 11.4 Å². The van der Waals surface area contributed by atoms with E-state index >= 15 is 0 Å². The highest BCUT2D eigenvalue weighted by atomic mass is 79.9. The maximum Gasteiger partial charge on any atom is 0.0520 e. The zero-order valence-electron chi connectivity index (χ0n) is 44.2. The number of hydrogen-bond donors (Lipinski definition) is 0. The van der Waals surface area contributed by atoms with Crippen molar-refractivity contribution in [3.05, 3.63) is 163 Å². The molecule has 0 amide bonds. The lowest BCUT2D eigenvalue weighted by Crippen LogP contribution is -2.14. The minimum Gasteiger partial charge on any atom is -0.310 e. The highest BCUT2D eigenvalue weighted by molar-refractivity contribution is 9.10. The zero-order valence-corrected chi connectivity index (χ0v) is 47.4. The van der Waals surface area contributed by atoms with Gasteiger partial charge in [0.2, 0.25) is 0 Å². The Morgan fingerprint density at radius 2 is 0.629 bits per heavy atom. The molecule has 4 heteroatoms. The fourth-order valence-corrected chi connectivity index (χ4v) is 11.7. The van der Waals surface area contributed by atoms with Crippen molar-refractivity contribution >= 4 is 87.5 Å². The van der Waals surface area contributed by atoms with Gasteiger partial charge >= 0.3 is 0 Å². The third-order valence-electron chi connectivity index (χ3n) is 14.7. The van der Waals surface area contributed by atoms with Gasteiger partial charge < -0.3 is 9.80 Å². The molecule has 0 aliphatic carbocycles. The van der Waals surface area contributed by atoms with Gasteiger partial charge in [-0.25, -0.2) is 0 Å². The highest BCUT2D eigenvalue weighted by Crippen LogP contribution is 2.46. The van der Waals surface area contributed by atoms with Crippen LogP contribution in [0.2, 0.25) is 0 Å². The molecule has 70 heavy (non-hydrogen) atoms. The summed E-state index contributed by atoms with van der Waals surface area (Å²) in [5.74, 6) is 0. The van der Waals surface area contributed by atoms with Crippen LogP contribution in [0.25, 0.3) is 21.5 Å². The molecule has 0 atom stereocenters. The molecular formula is C66H82Br2N2. The molecule has 0 N–H and O–H groups in total. The van der Waals surface area contributed by atoms with Gasteiger partial charge in [-0.2, -0.15) is 0 Å². The Hall–Kier alpha value is -4.38. The minimum absolute atomic E-state index is 1.09. The van der Waals surface area contributed by atoms with Crippen LogP contribution in [-0.4, -0.2) is 0 Å². The van der Waals surface area contributed by atoms with E-state index < -0.39 is 0 Å². The summed E-state index contributed by atoms with van der Waals surface area (Å²) >= 11 is 7.52. The molecule has 7 rings (SSSR count). The maximum absolute atomic E-state index is 3.76. The van der Waals surface area contributed by atoms with Crippen molar-refractivity contribution in [2.45, 2.75) is 184 Å². The van der Waals surface area contributed by atoms with Crippen molar-refractivity contribution in [3.8, 4) is 0 Å². The van der Waals surface area contributed by atoms with E-state index in [0.717, 1.165) is 34.6 Å². The van der Waals surface area contributed by atoms with Crippen LogP contribution in [-0.2, 0) is 25.7 Å². The standard InChI is InChI=1S/C66H82Br2N2/c1-9-13-17-19-21-23-27-59-60(28-24-22-20-18-14-10-2)64-46-58(70(56-35-31-54(68)32-36-56)66-49(7)43-52(26-16-12-4)44-50(66)8)38-40-62(64)61-39-37-57(45-63(59)61)69(55-33-29-53(67)30-34-55)65-47(5)41-51(25-15-11-3)42-48(65)6/h29-46H,9-28H2,1-8H3. The fraction of sp³-hybridized carbons (Fsp3) is 0.424. The van der Waals surface area contributed by atoms with E-state index in [2.05, 4.69) is 206 Å². The molecule has 370 valence electrons. The molecule has 0 spiro atoms. The van der Waals surface area contributed by atoms with Gasteiger partial charge in [0, 0.05) is 31.7 Å². The van der Waals surface area contributed by atoms with Crippen molar-refractivity contribution in [1.82, 2.24) is 0 Å². The third-order valence-corrected chi connectivity index (χ3v) is 15.8. The SMILES string of the molecule is CCCCCCCCc1c(CCCCCCCC)c2cc(N(c3ccc(Br)cc3)c3c(C)cc(CCCC)cc3C)ccc2c2ccc(N(c3ccc(Br)cc3)c3c(C)cc(CCCC)cc3C)cc12. The van der Waals surface area contributed by atoms with Crippen LogP contribution in [0.15, 0.2) is 118 Å². The molecule has 0 heterocycles. The molecule has 0 saturated heterocycles. The summed E-state index contributed by atoms with van der Waals surface area (Å²) in [7, 11) is 0. The summed E-state index contributed by atoms with van der Waals surface area (Å²) in [6, 6.07) is 42.6. The monoisotopic (exact) mass is 1060 g/mol. The van der Waals surface area contributed by atoms with Crippen molar-refractivity contribution in [2.75, 3.05) is 9.80 Å². The Bertz CT molecular complexity index is 2550. The van der Waals surface area contributed by atoms with Gasteiger partial charge in [0.15, 0.2) is 0 Å². The molecule has 2 nitrogen and oxygen atoms in total. The van der Waals surface area contributed by atoms with E-state index in [0.29, 0.717) is 0 Å². The second-order valence-corrected chi connectivity index (χ2v) is 22.3. The lowest BCUT2D eigenvalue weighted by Gasteiger charge is -2.31. The molecule has 0 aliphatic heterocycles. The first-order valence-electron chi connectivity index (χ1n) is 27.4. The Balaban J connectivity index is 1.47. The molecule has 7 aromatic rings. The molecule has 0 bridgehead atoms. The number of hydrogen-bond acceptors (Lipinski definition) is 2. The van der Waals surface area contributed by atoms with E-state index in [1.165, 1.54) is 192 Å². The molecule has 0 aromatic heterocycles. The van der Waals surface area contributed by atoms with Crippen LogP contribution in [0, 0.1) is 27.7 Å². The number of rotatable bonds is 26. The predicted octanol–water partition coefficient (Wildman–Crippen LogP) is 22.2. The minimum atomic E-state index is 1.09. The number of unbranched alkanes of at least 4 members (excludes halogenated alkanes) is 12. The quantitative estimate of drug-likeness (QED) is 0.0394. The first-order chi connectivity index (χ1) is 34.1. The van der Waals surface area contributed by atoms with E-state index in [9.17, 15) is 0 Å². The van der Waals surface area contributed by atoms with Crippen molar-refractivity contribution in [2.24, 2.45) is 0 Å². The van der Waals surface area contributed by atoms with Gasteiger partial charge in [-0.15, -0.1) is 0 Å². The smallest absolute Gasteiger partial charge is 0.0520 e. The molecular weight excluding hydrogens is 981 g/mol. The van der Waals surface area contributed by atoms with Gasteiger partial charge in [-0.05, 0) is 218 Å². The number of anilines is 6. The third kappa shape index (κ3) is 13.2. The maximum atomic E-state index is 3.76. The fourth-order valence-electron chi connectivity index (χ4n) is 11.2. The number of nitrogens with zero attached hydrogens (tertiary/aromatic N) is 2. The largest absolute Gasteiger partial charge is 0.310 e. The highest BCUT2D eigenvalue weighted by Gasteiger charge is 2.24. The second kappa shape index (κ2) is 26.4. The summed E-state index contributed by atoms with van der Waals surface area (Å²) in [6.45, 7) is 18.5. The van der Waals surface area contributed by atoms with Crippen LogP contribution >= 0.6 is 31.9 Å². The molecule has 7 aromatic carbocycles. The Morgan fingerprint density at radius 1 is 0.314 bits per heavy atom. The van der Waals surface area contributed by atoms with Crippen molar-refractivity contribution < 1.29 is 0 Å². The topological polar surface area (TPSA) is 6.48 Å². The Kier molecular flexibility index (Phi) is 20.1. The summed E-state index contributed by atoms with van der Waals surface area (Å²) in [5.41, 5.74) is 18.7. The average molecular weight is 1060 g/mol. The second-order valence-electron chi connectivity index (χ2n) is 20.4. The number of aryl methyl sites for hydroxylation is 8. The molecule has 0 fully saturated rings. The number of benzene rings is 7. The van der Waals surface area contributed by atoms with Gasteiger partial charge in [-0.1, -0.05) is 173 Å². The normalized spacial score (nSPS) is 11.6. The van der Waals surface area contributed by atoms with Crippen LogP contribution < -0.4 is 9.80 Å². The van der Waals surface area contributed by atoms with Crippen LogP contribution in [0.4, 0.5) is 34.1 Å². The lowest BCUT2D eigenvalue weighted by molar-refractivity contribution is 0.600. The molecule has 0 unspecified atom stereocenters. The van der Waals surface area contributed by atoms with E-state index in [4.69, 9.17) is 0 Å². The van der Waals surface area contributed by atoms with Gasteiger partial charge in [0.25, 0.3) is 0 Å². The Morgan fingerprint density at radius 3 is 0.971 bits per heavy atom. The summed E-state index contributed by atoms with van der Waals surface area (Å²) in [5, 5.41) is 5.56. The van der Waals surface area contributed by atoms with Crippen LogP contribution in [0.5, 0.6) is 0 Å². The van der Waals surface area contributed by atoms with Crippen molar-refractivity contribution in [3.63, 3.8) is 0 Å². The van der Waals surface area contributed by atoms with Gasteiger partial charge in [-0.3, -0.25) is 0 Å². The van der Waals surface area contributed by atoms with Crippen LogP contribution in [0.1, 0.15) is 175 Å². The average Bonchev–Trinajstić information content (AvgIpc) is 3.35. The predicted molar refractivity (Wildman–Crippen MR) is 317 cm³/mol. The van der Waals surface area contributed by atoms with E-state index in [1.54, 1.807) is 11.1 Å². The number of fused-ring (bicyclic) bond motifs is 3. The van der Waals surface area contributed by atoms with Crippen LogP contribution in [0.3, 0.4) is 0 Å². The first kappa shape index (κ1) is 53.4. The van der Waals surface area contributed by atoms with E-state index in [1.807, 2.05) is 0 Å². The summed E-state index contributed by atoms with van der Waals surface area (Å²) in [4.78, 5) is 5.09. The number of halogens is 2. The van der Waals surface area contributed by atoms with Gasteiger partial charge in [0.1, 0.15) is 0 Å². The molecule has 0 saturated carbocycles. The first-order valence-corrected chi connectivity index (χ1v) is 29.0. The Labute approximate surface area is 440 Å².